The number of Topliss-reactive ketones (excluding diaryl/α,β-unsaturated/α-hetero) is 1. The fraction of sp³-hybridized carbons (Fsp3) is 0.314. The number of benzene rings is 3. The molecule has 0 saturated heterocycles. The van der Waals surface area contributed by atoms with Gasteiger partial charge in [-0.15, -0.1) is 0 Å². The van der Waals surface area contributed by atoms with E-state index < -0.39 is 11.9 Å². The average Bonchev–Trinajstić information content (AvgIpc) is 3.27. The molecule has 0 unspecified atom stereocenters. The normalized spacial score (nSPS) is 18.4. The van der Waals surface area contributed by atoms with Crippen molar-refractivity contribution in [3.8, 4) is 5.75 Å². The van der Waals surface area contributed by atoms with E-state index in [1.54, 1.807) is 0 Å². The molecule has 41 heavy (non-hydrogen) atoms. The number of aromatic nitrogens is 1. The first-order valence-corrected chi connectivity index (χ1v) is 14.4. The van der Waals surface area contributed by atoms with Gasteiger partial charge in [-0.1, -0.05) is 56.3 Å². The standard InChI is InChI=1S/C35H36N2O4/c1-5-37-28-14-10-9-13-25(28)26-19-23(15-16-29(26)37)32-31(34(39)41-18-17-40-24-11-7-6-8-12-24)22(2)36-27-20-35(3,4)21-30(38)33(27)32/h6-16,19,32,36H,5,17-18,20-21H2,1-4H3/t32-/m1/s1. The van der Waals surface area contributed by atoms with Crippen molar-refractivity contribution in [3.63, 3.8) is 0 Å². The number of carbonyl (C=O) groups excluding carboxylic acids is 2. The maximum absolute atomic E-state index is 13.7. The maximum atomic E-state index is 13.7. The van der Waals surface area contributed by atoms with Gasteiger partial charge in [0, 0.05) is 57.7 Å². The van der Waals surface area contributed by atoms with Gasteiger partial charge in [0.05, 0.1) is 5.57 Å². The van der Waals surface area contributed by atoms with E-state index in [1.807, 2.05) is 37.3 Å². The summed E-state index contributed by atoms with van der Waals surface area (Å²) in [6.45, 7) is 9.48. The Hall–Kier alpha value is -4.32. The van der Waals surface area contributed by atoms with Crippen LogP contribution in [0.1, 0.15) is 52.0 Å². The molecule has 2 heterocycles. The number of ether oxygens (including phenoxy) is 2. The molecule has 6 rings (SSSR count). The summed E-state index contributed by atoms with van der Waals surface area (Å²) in [6, 6.07) is 24.2. The fourth-order valence-corrected chi connectivity index (χ4v) is 6.52. The van der Waals surface area contributed by atoms with E-state index in [0.29, 0.717) is 17.6 Å². The first kappa shape index (κ1) is 26.9. The third-order valence-electron chi connectivity index (χ3n) is 8.23. The maximum Gasteiger partial charge on any atom is 0.336 e. The third-order valence-corrected chi connectivity index (χ3v) is 8.23. The second-order valence-electron chi connectivity index (χ2n) is 11.8. The molecule has 1 aliphatic heterocycles. The molecule has 210 valence electrons. The van der Waals surface area contributed by atoms with Crippen molar-refractivity contribution in [2.45, 2.75) is 53.0 Å². The largest absolute Gasteiger partial charge is 0.490 e. The lowest BCUT2D eigenvalue weighted by atomic mass is 9.68. The number of fused-ring (bicyclic) bond motifs is 3. The Morgan fingerprint density at radius 2 is 1.68 bits per heavy atom. The number of nitrogens with one attached hydrogen (secondary N) is 1. The van der Waals surface area contributed by atoms with Gasteiger partial charge in [0.2, 0.25) is 0 Å². The molecule has 1 N–H and O–H groups in total. The number of para-hydroxylation sites is 2. The monoisotopic (exact) mass is 548 g/mol. The van der Waals surface area contributed by atoms with Crippen molar-refractivity contribution in [2.24, 2.45) is 5.41 Å². The summed E-state index contributed by atoms with van der Waals surface area (Å²) >= 11 is 0. The molecule has 1 atom stereocenters. The molecule has 2 aliphatic rings. The lowest BCUT2D eigenvalue weighted by Gasteiger charge is -2.39. The van der Waals surface area contributed by atoms with Gasteiger partial charge in [0.15, 0.2) is 5.78 Å². The molecule has 0 fully saturated rings. The first-order valence-electron chi connectivity index (χ1n) is 14.4. The third kappa shape index (κ3) is 4.92. The van der Waals surface area contributed by atoms with Crippen LogP contribution < -0.4 is 10.1 Å². The molecule has 0 spiro atoms. The zero-order valence-electron chi connectivity index (χ0n) is 24.1. The Morgan fingerprint density at radius 3 is 2.46 bits per heavy atom. The lowest BCUT2D eigenvalue weighted by molar-refractivity contribution is -0.140. The summed E-state index contributed by atoms with van der Waals surface area (Å²) in [5.41, 5.74) is 5.88. The summed E-state index contributed by atoms with van der Waals surface area (Å²) in [4.78, 5) is 27.5. The van der Waals surface area contributed by atoms with Crippen LogP contribution in [0.3, 0.4) is 0 Å². The summed E-state index contributed by atoms with van der Waals surface area (Å²) < 4.78 is 13.8. The van der Waals surface area contributed by atoms with Gasteiger partial charge in [0.25, 0.3) is 0 Å². The smallest absolute Gasteiger partial charge is 0.336 e. The van der Waals surface area contributed by atoms with E-state index in [4.69, 9.17) is 9.47 Å². The molecule has 0 radical (unpaired) electrons. The van der Waals surface area contributed by atoms with Crippen LogP contribution >= 0.6 is 0 Å². The minimum Gasteiger partial charge on any atom is -0.490 e. The second kappa shape index (κ2) is 10.6. The number of aryl methyl sites for hydroxylation is 1. The van der Waals surface area contributed by atoms with E-state index in [9.17, 15) is 9.59 Å². The van der Waals surface area contributed by atoms with Crippen molar-refractivity contribution in [1.29, 1.82) is 0 Å². The molecule has 6 nitrogen and oxygen atoms in total. The Kier molecular flexibility index (Phi) is 6.94. The van der Waals surface area contributed by atoms with Crippen LogP contribution in [-0.2, 0) is 20.9 Å². The Morgan fingerprint density at radius 1 is 0.951 bits per heavy atom. The molecule has 6 heteroatoms. The van der Waals surface area contributed by atoms with Gasteiger partial charge in [-0.3, -0.25) is 4.79 Å². The fourth-order valence-electron chi connectivity index (χ4n) is 6.52. The molecule has 3 aromatic carbocycles. The number of esters is 1. The number of ketones is 1. The van der Waals surface area contributed by atoms with Gasteiger partial charge >= 0.3 is 5.97 Å². The predicted octanol–water partition coefficient (Wildman–Crippen LogP) is 7.04. The molecular formula is C35H36N2O4. The van der Waals surface area contributed by atoms with Crippen LogP contribution in [0.5, 0.6) is 5.75 Å². The van der Waals surface area contributed by atoms with E-state index in [2.05, 4.69) is 73.1 Å². The highest BCUT2D eigenvalue weighted by atomic mass is 16.6. The molecule has 1 aliphatic carbocycles. The number of dihydropyridines is 1. The van der Waals surface area contributed by atoms with Gasteiger partial charge in [0.1, 0.15) is 19.0 Å². The number of nitrogens with zero attached hydrogens (tertiary/aromatic N) is 1. The minimum atomic E-state index is -0.509. The summed E-state index contributed by atoms with van der Waals surface area (Å²) in [6.07, 6.45) is 1.18. The number of carbonyl (C=O) groups is 2. The van der Waals surface area contributed by atoms with E-state index in [1.165, 1.54) is 5.52 Å². The van der Waals surface area contributed by atoms with Crippen LogP contribution in [0, 0.1) is 5.41 Å². The lowest BCUT2D eigenvalue weighted by Crippen LogP contribution is -2.38. The Bertz CT molecular complexity index is 1730. The van der Waals surface area contributed by atoms with Gasteiger partial charge in [-0.2, -0.15) is 0 Å². The SMILES string of the molecule is CCn1c2ccccc2c2cc([C@@H]3C(C(=O)OCCOc4ccccc4)=C(C)NC4=C3C(=O)CC(C)(C)C4)ccc21. The average molecular weight is 549 g/mol. The number of hydrogen-bond donors (Lipinski definition) is 1. The summed E-state index contributed by atoms with van der Waals surface area (Å²) in [5, 5.41) is 5.71. The number of rotatable bonds is 7. The van der Waals surface area contributed by atoms with E-state index in [-0.39, 0.29) is 24.4 Å². The first-order chi connectivity index (χ1) is 19.8. The number of allylic oxidation sites excluding steroid dienone is 3. The number of hydrogen-bond acceptors (Lipinski definition) is 5. The summed E-state index contributed by atoms with van der Waals surface area (Å²) in [7, 11) is 0. The van der Waals surface area contributed by atoms with Gasteiger partial charge in [-0.05, 0) is 61.6 Å². The molecular weight excluding hydrogens is 512 g/mol. The molecule has 0 amide bonds. The minimum absolute atomic E-state index is 0.0787. The Labute approximate surface area is 240 Å². The zero-order chi connectivity index (χ0) is 28.7. The van der Waals surface area contributed by atoms with Crippen molar-refractivity contribution < 1.29 is 19.1 Å². The quantitative estimate of drug-likeness (QED) is 0.198. The van der Waals surface area contributed by atoms with E-state index >= 15 is 0 Å². The second-order valence-corrected chi connectivity index (χ2v) is 11.8. The zero-order valence-corrected chi connectivity index (χ0v) is 24.1. The van der Waals surface area contributed by atoms with Gasteiger partial charge < -0.3 is 19.4 Å². The predicted molar refractivity (Wildman–Crippen MR) is 162 cm³/mol. The molecule has 0 bridgehead atoms. The van der Waals surface area contributed by atoms with Crippen LogP contribution in [0.15, 0.2) is 95.3 Å². The van der Waals surface area contributed by atoms with Crippen LogP contribution in [0.2, 0.25) is 0 Å². The molecule has 1 aromatic heterocycles. The highest BCUT2D eigenvalue weighted by molar-refractivity contribution is 6.09. The van der Waals surface area contributed by atoms with Crippen LogP contribution in [0.4, 0.5) is 0 Å². The van der Waals surface area contributed by atoms with Gasteiger partial charge in [-0.25, -0.2) is 4.79 Å². The van der Waals surface area contributed by atoms with Crippen molar-refractivity contribution in [2.75, 3.05) is 13.2 Å². The van der Waals surface area contributed by atoms with Crippen molar-refractivity contribution >= 4 is 33.6 Å². The molecule has 0 saturated carbocycles. The van der Waals surface area contributed by atoms with Crippen LogP contribution in [0.25, 0.3) is 21.8 Å². The van der Waals surface area contributed by atoms with Crippen molar-refractivity contribution in [3.05, 3.63) is 101 Å². The Balaban J connectivity index is 1.40. The highest BCUT2D eigenvalue weighted by Crippen LogP contribution is 2.47. The highest BCUT2D eigenvalue weighted by Gasteiger charge is 2.43. The summed E-state index contributed by atoms with van der Waals surface area (Å²) in [5.74, 6) is -0.140. The van der Waals surface area contributed by atoms with E-state index in [0.717, 1.165) is 52.0 Å². The van der Waals surface area contributed by atoms with Crippen LogP contribution in [-0.4, -0.2) is 29.5 Å². The van der Waals surface area contributed by atoms with Crippen molar-refractivity contribution in [1.82, 2.24) is 9.88 Å². The molecule has 4 aromatic rings. The topological polar surface area (TPSA) is 69.6 Å².